The van der Waals surface area contributed by atoms with Gasteiger partial charge < -0.3 is 14.4 Å². The molecule has 0 saturated heterocycles. The van der Waals surface area contributed by atoms with E-state index in [1.165, 1.54) is 19.1 Å². The molecule has 0 fully saturated rings. The first-order chi connectivity index (χ1) is 11.0. The Kier molecular flexibility index (Phi) is 7.81. The Hall–Kier alpha value is -2.93. The van der Waals surface area contributed by atoms with Crippen LogP contribution in [0.3, 0.4) is 0 Å². The average molecular weight is 320 g/mol. The second-order valence-corrected chi connectivity index (χ2v) is 4.21. The normalized spacial score (nSPS) is 10.1. The van der Waals surface area contributed by atoms with Crippen LogP contribution in [0.2, 0.25) is 0 Å². The minimum Gasteiger partial charge on any atom is -0.457 e. The van der Waals surface area contributed by atoms with E-state index in [-0.39, 0.29) is 24.4 Å². The van der Waals surface area contributed by atoms with E-state index < -0.39 is 17.7 Å². The Bertz CT molecular complexity index is 590. The van der Waals surface area contributed by atoms with Gasteiger partial charge in [0.15, 0.2) is 6.26 Å². The fraction of sp³-hybridized carbons (Fsp3) is 0.188. The van der Waals surface area contributed by atoms with Gasteiger partial charge in [0.2, 0.25) is 0 Å². The van der Waals surface area contributed by atoms with E-state index in [4.69, 9.17) is 4.74 Å². The van der Waals surface area contributed by atoms with Gasteiger partial charge in [0.1, 0.15) is 19.5 Å². The molecule has 0 heterocycles. The molecule has 0 aromatic heterocycles. The first-order valence-electron chi connectivity index (χ1n) is 6.58. The fourth-order valence-electron chi connectivity index (χ4n) is 1.24. The zero-order chi connectivity index (χ0) is 17.1. The molecule has 122 valence electrons. The van der Waals surface area contributed by atoms with Crippen LogP contribution in [-0.4, -0.2) is 30.9 Å². The minimum atomic E-state index is -0.981. The minimum absolute atomic E-state index is 0.105. The van der Waals surface area contributed by atoms with Crippen LogP contribution in [0.25, 0.3) is 0 Å². The van der Waals surface area contributed by atoms with Gasteiger partial charge in [0, 0.05) is 11.1 Å². The van der Waals surface area contributed by atoms with E-state index in [1.54, 1.807) is 18.2 Å². The largest absolute Gasteiger partial charge is 0.457 e. The maximum atomic E-state index is 11.7. The SMILES string of the molecule is C=C(C)C(=O)OC=COOCCOC(=O)C(=O)c1ccccc1. The van der Waals surface area contributed by atoms with E-state index in [2.05, 4.69) is 21.1 Å². The first-order valence-corrected chi connectivity index (χ1v) is 6.58. The van der Waals surface area contributed by atoms with Crippen LogP contribution in [0.1, 0.15) is 17.3 Å². The third-order valence-electron chi connectivity index (χ3n) is 2.32. The summed E-state index contributed by atoms with van der Waals surface area (Å²) in [5.41, 5.74) is 0.488. The standard InChI is InChI=1S/C16H16O7/c1-12(2)15(18)20-8-10-22-23-11-9-21-16(19)14(17)13-6-4-3-5-7-13/h3-8,10H,1,9,11H2,2H3. The Morgan fingerprint density at radius 1 is 1.04 bits per heavy atom. The molecule has 1 aromatic carbocycles. The van der Waals surface area contributed by atoms with Gasteiger partial charge in [-0.2, -0.15) is 4.89 Å². The van der Waals surface area contributed by atoms with Gasteiger partial charge in [0.25, 0.3) is 5.78 Å². The van der Waals surface area contributed by atoms with Crippen molar-refractivity contribution in [2.24, 2.45) is 0 Å². The third kappa shape index (κ3) is 7.05. The number of carbonyl (C=O) groups excluding carboxylic acids is 3. The van der Waals surface area contributed by atoms with Gasteiger partial charge in [-0.15, -0.1) is 0 Å². The van der Waals surface area contributed by atoms with E-state index in [1.807, 2.05) is 0 Å². The monoisotopic (exact) mass is 320 g/mol. The molecular weight excluding hydrogens is 304 g/mol. The first kappa shape index (κ1) is 18.1. The molecule has 0 aliphatic rings. The summed E-state index contributed by atoms with van der Waals surface area (Å²) in [4.78, 5) is 43.2. The van der Waals surface area contributed by atoms with Crippen molar-refractivity contribution in [3.8, 4) is 0 Å². The highest BCUT2D eigenvalue weighted by atomic mass is 17.2. The van der Waals surface area contributed by atoms with Crippen molar-refractivity contribution < 1.29 is 33.6 Å². The average Bonchev–Trinajstić information content (AvgIpc) is 2.56. The van der Waals surface area contributed by atoms with Crippen LogP contribution in [0.15, 0.2) is 55.0 Å². The molecule has 0 spiro atoms. The molecule has 0 N–H and O–H groups in total. The number of Topliss-reactive ketones (excluding diaryl/α,β-unsaturated/α-hetero) is 1. The lowest BCUT2D eigenvalue weighted by atomic mass is 10.1. The summed E-state index contributed by atoms with van der Waals surface area (Å²) in [5, 5.41) is 0. The van der Waals surface area contributed by atoms with Crippen molar-refractivity contribution in [2.75, 3.05) is 13.2 Å². The summed E-state index contributed by atoms with van der Waals surface area (Å²) in [6.07, 6.45) is 1.96. The summed E-state index contributed by atoms with van der Waals surface area (Å²) >= 11 is 0. The number of esters is 2. The second-order valence-electron chi connectivity index (χ2n) is 4.21. The van der Waals surface area contributed by atoms with Gasteiger partial charge in [-0.05, 0) is 6.92 Å². The molecule has 1 rings (SSSR count). The van der Waals surface area contributed by atoms with Gasteiger partial charge in [-0.1, -0.05) is 36.9 Å². The third-order valence-corrected chi connectivity index (χ3v) is 2.32. The van der Waals surface area contributed by atoms with Crippen LogP contribution in [0, 0.1) is 0 Å². The summed E-state index contributed by atoms with van der Waals surface area (Å²) in [5.74, 6) is -2.32. The molecule has 1 aromatic rings. The van der Waals surface area contributed by atoms with Crippen LogP contribution >= 0.6 is 0 Å². The maximum absolute atomic E-state index is 11.7. The number of ether oxygens (including phenoxy) is 2. The molecule has 0 aliphatic carbocycles. The van der Waals surface area contributed by atoms with Crippen LogP contribution in [0.4, 0.5) is 0 Å². The number of ketones is 1. The number of hydrogen-bond acceptors (Lipinski definition) is 7. The molecule has 0 radical (unpaired) electrons. The summed E-state index contributed by atoms with van der Waals surface area (Å²) in [7, 11) is 0. The van der Waals surface area contributed by atoms with Gasteiger partial charge in [-0.25, -0.2) is 9.59 Å². The molecule has 0 bridgehead atoms. The Labute approximate surface area is 133 Å². The van der Waals surface area contributed by atoms with Gasteiger partial charge in [0.05, 0.1) is 0 Å². The number of benzene rings is 1. The predicted octanol–water partition coefficient (Wildman–Crippen LogP) is 1.95. The predicted molar refractivity (Wildman–Crippen MR) is 78.8 cm³/mol. The zero-order valence-electron chi connectivity index (χ0n) is 12.5. The van der Waals surface area contributed by atoms with Crippen LogP contribution < -0.4 is 0 Å². The quantitative estimate of drug-likeness (QED) is 0.100. The number of rotatable bonds is 9. The smallest absolute Gasteiger partial charge is 0.379 e. The van der Waals surface area contributed by atoms with Crippen molar-refractivity contribution in [3.05, 3.63) is 60.6 Å². The van der Waals surface area contributed by atoms with E-state index >= 15 is 0 Å². The molecule has 0 amide bonds. The van der Waals surface area contributed by atoms with Crippen molar-refractivity contribution in [1.82, 2.24) is 0 Å². The highest BCUT2D eigenvalue weighted by molar-refractivity contribution is 6.40. The van der Waals surface area contributed by atoms with Gasteiger partial charge >= 0.3 is 11.9 Å². The molecule has 7 nitrogen and oxygen atoms in total. The lowest BCUT2D eigenvalue weighted by Gasteiger charge is -2.04. The molecule has 7 heteroatoms. The Balaban J connectivity index is 2.14. The topological polar surface area (TPSA) is 88.1 Å². The van der Waals surface area contributed by atoms with E-state index in [9.17, 15) is 14.4 Å². The Morgan fingerprint density at radius 3 is 2.39 bits per heavy atom. The molecule has 23 heavy (non-hydrogen) atoms. The summed E-state index contributed by atoms with van der Waals surface area (Å²) in [6, 6.07) is 8.05. The second kappa shape index (κ2) is 9.91. The molecule has 0 aliphatic heterocycles. The number of carbonyl (C=O) groups is 3. The molecular formula is C16H16O7. The zero-order valence-corrected chi connectivity index (χ0v) is 12.5. The fourth-order valence-corrected chi connectivity index (χ4v) is 1.24. The lowest BCUT2D eigenvalue weighted by molar-refractivity contribution is -0.255. The summed E-state index contributed by atoms with van der Waals surface area (Å²) < 4.78 is 9.29. The maximum Gasteiger partial charge on any atom is 0.379 e. The summed E-state index contributed by atoms with van der Waals surface area (Å²) in [6.45, 7) is 4.61. The highest BCUT2D eigenvalue weighted by Crippen LogP contribution is 2.01. The molecule has 0 saturated carbocycles. The van der Waals surface area contributed by atoms with Crippen molar-refractivity contribution in [1.29, 1.82) is 0 Å². The van der Waals surface area contributed by atoms with Gasteiger partial charge in [-0.3, -0.25) is 4.79 Å². The van der Waals surface area contributed by atoms with E-state index in [0.717, 1.165) is 12.5 Å². The van der Waals surface area contributed by atoms with Crippen molar-refractivity contribution >= 4 is 17.7 Å². The van der Waals surface area contributed by atoms with Crippen molar-refractivity contribution in [3.63, 3.8) is 0 Å². The van der Waals surface area contributed by atoms with Crippen LogP contribution in [0.5, 0.6) is 0 Å². The van der Waals surface area contributed by atoms with Crippen LogP contribution in [-0.2, 0) is 28.8 Å². The molecule has 0 atom stereocenters. The Morgan fingerprint density at radius 2 is 1.74 bits per heavy atom. The van der Waals surface area contributed by atoms with Crippen molar-refractivity contribution in [2.45, 2.75) is 6.92 Å². The number of hydrogen-bond donors (Lipinski definition) is 0. The van der Waals surface area contributed by atoms with E-state index in [0.29, 0.717) is 0 Å². The lowest BCUT2D eigenvalue weighted by Crippen LogP contribution is -2.19. The molecule has 0 unspecified atom stereocenters. The highest BCUT2D eigenvalue weighted by Gasteiger charge is 2.17.